The van der Waals surface area contributed by atoms with Gasteiger partial charge in [-0.3, -0.25) is 4.79 Å². The van der Waals surface area contributed by atoms with E-state index in [2.05, 4.69) is 27.7 Å². The Morgan fingerprint density at radius 1 is 0.515 bits per heavy atom. The minimum Gasteiger partial charge on any atom is -0.465 e. The monoisotopic (exact) mass is 466 g/mol. The van der Waals surface area contributed by atoms with Gasteiger partial charge in [-0.1, -0.05) is 156 Å². The first kappa shape index (κ1) is 32.5. The summed E-state index contributed by atoms with van der Waals surface area (Å²) in [4.78, 5) is 12.5. The molecule has 0 aromatic carbocycles. The largest absolute Gasteiger partial charge is 0.465 e. The molecule has 0 fully saturated rings. The van der Waals surface area contributed by atoms with Gasteiger partial charge in [-0.2, -0.15) is 0 Å². The fourth-order valence-electron chi connectivity index (χ4n) is 4.78. The first-order valence-electron chi connectivity index (χ1n) is 15.3. The van der Waals surface area contributed by atoms with E-state index in [0.717, 1.165) is 12.8 Å². The molecule has 0 N–H and O–H groups in total. The van der Waals surface area contributed by atoms with Crippen molar-refractivity contribution in [2.24, 2.45) is 11.8 Å². The Kier molecular flexibility index (Phi) is 25.7. The van der Waals surface area contributed by atoms with Crippen molar-refractivity contribution in [3.63, 3.8) is 0 Å². The molecular formula is C31H62O2. The van der Waals surface area contributed by atoms with Crippen LogP contribution in [0.1, 0.15) is 175 Å². The van der Waals surface area contributed by atoms with Crippen molar-refractivity contribution in [3.8, 4) is 0 Å². The van der Waals surface area contributed by atoms with Gasteiger partial charge < -0.3 is 4.74 Å². The Hall–Kier alpha value is -0.530. The molecule has 0 aliphatic carbocycles. The molecule has 0 aromatic rings. The molecule has 0 heterocycles. The van der Waals surface area contributed by atoms with Crippen molar-refractivity contribution in [1.82, 2.24) is 0 Å². The number of rotatable bonds is 26. The quantitative estimate of drug-likeness (QED) is 0.0935. The molecule has 0 rings (SSSR count). The van der Waals surface area contributed by atoms with Crippen LogP contribution in [0.3, 0.4) is 0 Å². The summed E-state index contributed by atoms with van der Waals surface area (Å²) in [5.74, 6) is 0.679. The van der Waals surface area contributed by atoms with Crippen molar-refractivity contribution in [2.45, 2.75) is 175 Å². The number of esters is 1. The first-order chi connectivity index (χ1) is 16.2. The fraction of sp³-hybridized carbons (Fsp3) is 0.968. The van der Waals surface area contributed by atoms with E-state index in [4.69, 9.17) is 4.74 Å². The zero-order valence-corrected chi connectivity index (χ0v) is 23.4. The van der Waals surface area contributed by atoms with Crippen LogP contribution in [0.5, 0.6) is 0 Å². The van der Waals surface area contributed by atoms with Crippen LogP contribution in [0.4, 0.5) is 0 Å². The number of hydrogen-bond donors (Lipinski definition) is 0. The van der Waals surface area contributed by atoms with E-state index in [9.17, 15) is 4.79 Å². The molecule has 0 aliphatic rings. The van der Waals surface area contributed by atoms with Gasteiger partial charge in [0.05, 0.1) is 12.5 Å². The van der Waals surface area contributed by atoms with Crippen molar-refractivity contribution in [3.05, 3.63) is 0 Å². The summed E-state index contributed by atoms with van der Waals surface area (Å²) in [6.45, 7) is 9.51. The molecule has 0 bridgehead atoms. The smallest absolute Gasteiger partial charge is 0.308 e. The highest BCUT2D eigenvalue weighted by Gasteiger charge is 2.17. The summed E-state index contributed by atoms with van der Waals surface area (Å²) in [6.07, 6.45) is 30.3. The van der Waals surface area contributed by atoms with Gasteiger partial charge in [0.15, 0.2) is 0 Å². The molecule has 2 nitrogen and oxygen atoms in total. The molecular weight excluding hydrogens is 404 g/mol. The van der Waals surface area contributed by atoms with Gasteiger partial charge in [0.2, 0.25) is 0 Å². The molecule has 0 aliphatic heterocycles. The molecule has 2 unspecified atom stereocenters. The predicted molar refractivity (Wildman–Crippen MR) is 147 cm³/mol. The molecule has 33 heavy (non-hydrogen) atoms. The van der Waals surface area contributed by atoms with Gasteiger partial charge in [-0.15, -0.1) is 0 Å². The Bertz CT molecular complexity index is 392. The lowest BCUT2D eigenvalue weighted by Gasteiger charge is -2.19. The third-order valence-corrected chi connectivity index (χ3v) is 7.29. The van der Waals surface area contributed by atoms with Gasteiger partial charge >= 0.3 is 5.97 Å². The lowest BCUT2D eigenvalue weighted by Crippen LogP contribution is -2.20. The minimum atomic E-state index is 0.0446. The maximum atomic E-state index is 12.5. The maximum Gasteiger partial charge on any atom is 0.308 e. The minimum absolute atomic E-state index is 0.0446. The second-order valence-corrected chi connectivity index (χ2v) is 10.8. The summed E-state index contributed by atoms with van der Waals surface area (Å²) in [7, 11) is 0. The summed E-state index contributed by atoms with van der Waals surface area (Å²) < 4.78 is 5.83. The first-order valence-corrected chi connectivity index (χ1v) is 15.3. The zero-order chi connectivity index (χ0) is 24.4. The van der Waals surface area contributed by atoms with E-state index in [1.54, 1.807) is 0 Å². The molecule has 0 amide bonds. The SMILES string of the molecule is CCCCCCCCCCCC(CCCCCCCCC)COC(=O)C(C)CCCCCC. The predicted octanol–water partition coefficient (Wildman–Crippen LogP) is 10.8. The molecule has 0 radical (unpaired) electrons. The maximum absolute atomic E-state index is 12.5. The van der Waals surface area contributed by atoms with Gasteiger partial charge in [-0.25, -0.2) is 0 Å². The van der Waals surface area contributed by atoms with E-state index in [1.165, 1.54) is 135 Å². The van der Waals surface area contributed by atoms with Gasteiger partial charge in [0, 0.05) is 0 Å². The Morgan fingerprint density at radius 2 is 0.848 bits per heavy atom. The standard InChI is InChI=1S/C31H62O2/c1-5-8-11-14-16-17-19-21-24-27-30(26-23-20-18-15-12-9-6-2)28-33-31(32)29(4)25-22-13-10-7-3/h29-30H,5-28H2,1-4H3. The third-order valence-electron chi connectivity index (χ3n) is 7.29. The molecule has 0 saturated heterocycles. The number of carbonyl (C=O) groups is 1. The summed E-state index contributed by atoms with van der Waals surface area (Å²) in [5.41, 5.74) is 0. The van der Waals surface area contributed by atoms with Crippen LogP contribution in [0, 0.1) is 11.8 Å². The normalized spacial score (nSPS) is 13.2. The number of unbranched alkanes of at least 4 members (excludes halogenated alkanes) is 17. The zero-order valence-electron chi connectivity index (χ0n) is 23.4. The lowest BCUT2D eigenvalue weighted by atomic mass is 9.94. The molecule has 198 valence electrons. The van der Waals surface area contributed by atoms with Crippen LogP contribution in [0.25, 0.3) is 0 Å². The van der Waals surface area contributed by atoms with Crippen LogP contribution >= 0.6 is 0 Å². The van der Waals surface area contributed by atoms with Crippen LogP contribution in [-0.4, -0.2) is 12.6 Å². The molecule has 2 atom stereocenters. The van der Waals surface area contributed by atoms with E-state index in [0.29, 0.717) is 12.5 Å². The molecule has 0 saturated carbocycles. The summed E-state index contributed by atoms with van der Waals surface area (Å²) >= 11 is 0. The van der Waals surface area contributed by atoms with Crippen LogP contribution in [-0.2, 0) is 9.53 Å². The Morgan fingerprint density at radius 3 is 1.27 bits per heavy atom. The Balaban J connectivity index is 4.13. The topological polar surface area (TPSA) is 26.3 Å². The molecule has 2 heteroatoms. The van der Waals surface area contributed by atoms with E-state index >= 15 is 0 Å². The highest BCUT2D eigenvalue weighted by atomic mass is 16.5. The van der Waals surface area contributed by atoms with E-state index in [1.807, 2.05) is 0 Å². The van der Waals surface area contributed by atoms with Gasteiger partial charge in [-0.05, 0) is 25.2 Å². The van der Waals surface area contributed by atoms with E-state index < -0.39 is 0 Å². The second-order valence-electron chi connectivity index (χ2n) is 10.8. The van der Waals surface area contributed by atoms with Gasteiger partial charge in [0.1, 0.15) is 0 Å². The van der Waals surface area contributed by atoms with E-state index in [-0.39, 0.29) is 11.9 Å². The average Bonchev–Trinajstić information content (AvgIpc) is 2.82. The number of carbonyl (C=O) groups excluding carboxylic acids is 1. The second kappa shape index (κ2) is 26.1. The lowest BCUT2D eigenvalue weighted by molar-refractivity contribution is -0.149. The fourth-order valence-corrected chi connectivity index (χ4v) is 4.78. The summed E-state index contributed by atoms with van der Waals surface area (Å²) in [5, 5.41) is 0. The highest BCUT2D eigenvalue weighted by molar-refractivity contribution is 5.71. The Labute approximate surface area is 209 Å². The van der Waals surface area contributed by atoms with Crippen LogP contribution in [0.2, 0.25) is 0 Å². The van der Waals surface area contributed by atoms with Crippen molar-refractivity contribution in [1.29, 1.82) is 0 Å². The third kappa shape index (κ3) is 23.0. The van der Waals surface area contributed by atoms with Crippen molar-refractivity contribution >= 4 is 5.97 Å². The summed E-state index contributed by atoms with van der Waals surface area (Å²) in [6, 6.07) is 0. The van der Waals surface area contributed by atoms with Crippen molar-refractivity contribution in [2.75, 3.05) is 6.61 Å². The molecule has 0 spiro atoms. The van der Waals surface area contributed by atoms with Crippen LogP contribution < -0.4 is 0 Å². The molecule has 0 aromatic heterocycles. The average molecular weight is 467 g/mol. The number of hydrogen-bond acceptors (Lipinski definition) is 2. The number of ether oxygens (including phenoxy) is 1. The van der Waals surface area contributed by atoms with Crippen LogP contribution in [0.15, 0.2) is 0 Å². The highest BCUT2D eigenvalue weighted by Crippen LogP contribution is 2.21. The van der Waals surface area contributed by atoms with Gasteiger partial charge in [0.25, 0.3) is 0 Å². The van der Waals surface area contributed by atoms with Crippen molar-refractivity contribution < 1.29 is 9.53 Å².